The molecular weight excluding hydrogens is 820 g/mol. The lowest BCUT2D eigenvalue weighted by molar-refractivity contribution is 0.195. The molecule has 348 valence electrons. The Kier molecular flexibility index (Phi) is 9.75. The lowest BCUT2D eigenvalue weighted by Gasteiger charge is -2.53. The first-order valence-electron chi connectivity index (χ1n) is 26.9. The Morgan fingerprint density at radius 1 is 0.515 bits per heavy atom. The summed E-state index contributed by atoms with van der Waals surface area (Å²) in [6.45, 7) is 29.7. The Hall–Kier alpha value is -5.02. The zero-order valence-electron chi connectivity index (χ0n) is 43.6. The molecule has 12 rings (SSSR count). The minimum absolute atomic E-state index is 0.0244. The molecule has 2 nitrogen and oxygen atoms in total. The molecule has 1 fully saturated rings. The number of hydrogen-bond acceptors (Lipinski definition) is 2. The third-order valence-corrected chi connectivity index (χ3v) is 19.4. The normalized spacial score (nSPS) is 22.5. The van der Waals surface area contributed by atoms with Gasteiger partial charge in [0.25, 0.3) is 0 Å². The van der Waals surface area contributed by atoms with Crippen molar-refractivity contribution in [3.05, 3.63) is 141 Å². The van der Waals surface area contributed by atoms with Gasteiger partial charge in [-0.25, -0.2) is 0 Å². The summed E-state index contributed by atoms with van der Waals surface area (Å²) in [6, 6.07) is 38.0. The van der Waals surface area contributed by atoms with Crippen LogP contribution in [-0.2, 0) is 34.5 Å². The Bertz CT molecular complexity index is 3110. The SMILES string of the molecule is CCCCc1ccc(N2B3c4cc(CCCC)cc5c4N(c4cc(-c6ccccc6C)cc(c43)-c3cc4c(cc32)C(C)(C)c2cc3c(cc2-4)C(C)(C)CCC3(C)C)C2(C)CCCCC52C)c(C)c1. The van der Waals surface area contributed by atoms with E-state index in [0.717, 1.165) is 12.8 Å². The number of aryl methyl sites for hydroxylation is 4. The molecule has 1 saturated carbocycles. The Labute approximate surface area is 410 Å². The van der Waals surface area contributed by atoms with Crippen molar-refractivity contribution in [2.24, 2.45) is 0 Å². The van der Waals surface area contributed by atoms with Gasteiger partial charge in [-0.2, -0.15) is 0 Å². The fraction of sp³-hybridized carbons (Fsp3) is 0.446. The maximum atomic E-state index is 2.95. The summed E-state index contributed by atoms with van der Waals surface area (Å²) in [4.78, 5) is 5.82. The first kappa shape index (κ1) is 44.2. The number of unbranched alkanes of at least 4 members (excludes halogenated alkanes) is 2. The molecule has 6 aromatic carbocycles. The van der Waals surface area contributed by atoms with Crippen LogP contribution in [0, 0.1) is 13.8 Å². The van der Waals surface area contributed by atoms with E-state index in [-0.39, 0.29) is 34.0 Å². The second kappa shape index (κ2) is 15.0. The van der Waals surface area contributed by atoms with E-state index < -0.39 is 0 Å². The number of benzene rings is 6. The summed E-state index contributed by atoms with van der Waals surface area (Å²) in [7, 11) is 0. The lowest BCUT2D eigenvalue weighted by Crippen LogP contribution is -2.64. The van der Waals surface area contributed by atoms with Gasteiger partial charge >= 0.3 is 6.85 Å². The highest BCUT2D eigenvalue weighted by atomic mass is 15.3. The zero-order chi connectivity index (χ0) is 47.4. The fourth-order valence-electron chi connectivity index (χ4n) is 15.0. The molecular formula is C65H75BN2. The van der Waals surface area contributed by atoms with Gasteiger partial charge in [-0.1, -0.05) is 143 Å². The molecule has 3 heteroatoms. The second-order valence-corrected chi connectivity index (χ2v) is 24.9. The Morgan fingerprint density at radius 2 is 1.19 bits per heavy atom. The average molecular weight is 895 g/mol. The minimum atomic E-state index is -0.158. The number of anilines is 4. The summed E-state index contributed by atoms with van der Waals surface area (Å²) in [6.07, 6.45) is 14.5. The van der Waals surface area contributed by atoms with Gasteiger partial charge in [0.1, 0.15) is 0 Å². The molecule has 0 saturated heterocycles. The van der Waals surface area contributed by atoms with E-state index in [1.165, 1.54) is 165 Å². The van der Waals surface area contributed by atoms with Crippen LogP contribution in [0.2, 0.25) is 0 Å². The summed E-state index contributed by atoms with van der Waals surface area (Å²) >= 11 is 0. The maximum Gasteiger partial charge on any atom is 0.333 e. The summed E-state index contributed by atoms with van der Waals surface area (Å²) in [5.74, 6) is 0. The number of nitrogens with zero attached hydrogens (tertiary/aromatic N) is 2. The van der Waals surface area contributed by atoms with Gasteiger partial charge in [0.15, 0.2) is 0 Å². The van der Waals surface area contributed by atoms with E-state index in [0.29, 0.717) is 0 Å². The van der Waals surface area contributed by atoms with Crippen LogP contribution in [0.5, 0.6) is 0 Å². The van der Waals surface area contributed by atoms with Gasteiger partial charge in [0.05, 0.1) is 5.54 Å². The molecule has 0 aromatic heterocycles. The first-order chi connectivity index (χ1) is 32.4. The van der Waals surface area contributed by atoms with Gasteiger partial charge in [-0.05, 0) is 208 Å². The van der Waals surface area contributed by atoms with Crippen LogP contribution in [0.1, 0.15) is 184 Å². The minimum Gasteiger partial charge on any atom is -0.376 e. The van der Waals surface area contributed by atoms with Crippen molar-refractivity contribution in [1.29, 1.82) is 0 Å². The van der Waals surface area contributed by atoms with Gasteiger partial charge in [0, 0.05) is 39.1 Å². The van der Waals surface area contributed by atoms with Crippen molar-refractivity contribution in [3.63, 3.8) is 0 Å². The van der Waals surface area contributed by atoms with Gasteiger partial charge < -0.3 is 9.71 Å². The van der Waals surface area contributed by atoms with Crippen molar-refractivity contribution in [1.82, 2.24) is 0 Å². The molecule has 3 aliphatic carbocycles. The molecule has 0 radical (unpaired) electrons. The molecule has 0 bridgehead atoms. The van der Waals surface area contributed by atoms with E-state index in [1.54, 1.807) is 16.7 Å². The third-order valence-electron chi connectivity index (χ3n) is 19.4. The number of rotatable bonds is 8. The van der Waals surface area contributed by atoms with Crippen LogP contribution in [-0.4, -0.2) is 12.4 Å². The number of fused-ring (bicyclic) bond motifs is 11. The van der Waals surface area contributed by atoms with Crippen LogP contribution in [0.15, 0.2) is 91.0 Å². The van der Waals surface area contributed by atoms with Crippen molar-refractivity contribution in [3.8, 4) is 33.4 Å². The van der Waals surface area contributed by atoms with Crippen LogP contribution in [0.4, 0.5) is 22.7 Å². The van der Waals surface area contributed by atoms with E-state index in [9.17, 15) is 0 Å². The van der Waals surface area contributed by atoms with Crippen LogP contribution >= 0.6 is 0 Å². The summed E-state index contributed by atoms with van der Waals surface area (Å²) < 4.78 is 0. The van der Waals surface area contributed by atoms with Crippen molar-refractivity contribution < 1.29 is 0 Å². The average Bonchev–Trinajstić information content (AvgIpc) is 3.66. The molecule has 0 amide bonds. The second-order valence-electron chi connectivity index (χ2n) is 24.9. The van der Waals surface area contributed by atoms with Crippen LogP contribution in [0.25, 0.3) is 33.4 Å². The molecule has 0 spiro atoms. The Balaban J connectivity index is 1.21. The standard InChI is InChI=1S/C65H75BN2/c1-13-15-22-42-25-26-56(41(4)31-42)68-57-39-51-46(47-37-52-53(38-50(47)63(51,9)10)62(7,8)30-29-61(52,5)6)36-48(57)49-34-44(45-24-18-17-21-40(45)3)35-58-59(49)66(68)55-33-43(23-16-14-2)32-54-60(55)67(58)65(12)28-20-19-27-64(54,65)11/h17-18,21,24-26,31-39H,13-16,19-20,22-23,27-30H2,1-12H3. The molecule has 2 atom stereocenters. The summed E-state index contributed by atoms with van der Waals surface area (Å²) in [5, 5.41) is 0. The molecule has 3 heterocycles. The predicted molar refractivity (Wildman–Crippen MR) is 293 cm³/mol. The topological polar surface area (TPSA) is 6.48 Å². The molecule has 6 aromatic rings. The van der Waals surface area contributed by atoms with E-state index in [4.69, 9.17) is 0 Å². The highest BCUT2D eigenvalue weighted by Gasteiger charge is 2.62. The van der Waals surface area contributed by atoms with Gasteiger partial charge in [0.2, 0.25) is 0 Å². The molecule has 2 unspecified atom stereocenters. The van der Waals surface area contributed by atoms with Crippen LogP contribution in [0.3, 0.4) is 0 Å². The highest BCUT2D eigenvalue weighted by Crippen LogP contribution is 2.64. The lowest BCUT2D eigenvalue weighted by atomic mass is 9.43. The van der Waals surface area contributed by atoms with E-state index in [2.05, 4.69) is 184 Å². The van der Waals surface area contributed by atoms with Crippen molar-refractivity contribution in [2.75, 3.05) is 9.71 Å². The van der Waals surface area contributed by atoms with Crippen molar-refractivity contribution >= 4 is 40.5 Å². The van der Waals surface area contributed by atoms with E-state index >= 15 is 0 Å². The smallest absolute Gasteiger partial charge is 0.333 e. The fourth-order valence-corrected chi connectivity index (χ4v) is 15.0. The largest absolute Gasteiger partial charge is 0.376 e. The molecule has 68 heavy (non-hydrogen) atoms. The quantitative estimate of drug-likeness (QED) is 0.141. The third kappa shape index (κ3) is 5.95. The van der Waals surface area contributed by atoms with Crippen molar-refractivity contribution in [2.45, 2.75) is 187 Å². The van der Waals surface area contributed by atoms with Crippen LogP contribution < -0.4 is 20.6 Å². The number of hydrogen-bond donors (Lipinski definition) is 0. The molecule has 0 N–H and O–H groups in total. The Morgan fingerprint density at radius 3 is 1.91 bits per heavy atom. The van der Waals surface area contributed by atoms with Gasteiger partial charge in [-0.3, -0.25) is 0 Å². The summed E-state index contributed by atoms with van der Waals surface area (Å²) in [5.41, 5.74) is 30.5. The molecule has 6 aliphatic rings. The maximum absolute atomic E-state index is 2.95. The monoisotopic (exact) mass is 895 g/mol. The predicted octanol–water partition coefficient (Wildman–Crippen LogP) is 16.3. The first-order valence-corrected chi connectivity index (χ1v) is 26.9. The molecule has 3 aliphatic heterocycles. The zero-order valence-corrected chi connectivity index (χ0v) is 43.6. The highest BCUT2D eigenvalue weighted by molar-refractivity contribution is 6.93. The van der Waals surface area contributed by atoms with E-state index in [1.807, 2.05) is 0 Å². The van der Waals surface area contributed by atoms with Gasteiger partial charge in [-0.15, -0.1) is 0 Å².